The molecule has 111 heavy (non-hydrogen) atoms. The molecule has 13 heteroatoms. The Balaban J connectivity index is 0.000000102. The molecule has 0 saturated carbocycles. The lowest BCUT2D eigenvalue weighted by atomic mass is 10.1. The number of aromatic nitrogens is 10. The van der Waals surface area contributed by atoms with Crippen molar-refractivity contribution in [2.45, 2.75) is 0 Å². The molecule has 0 unspecified atom stereocenters. The van der Waals surface area contributed by atoms with Crippen molar-refractivity contribution in [3.63, 3.8) is 0 Å². The molecular formula is C98H60N10S3. The number of hydrogen-bond acceptors (Lipinski definition) is 9. The average molecular weight is 1470 g/mol. The van der Waals surface area contributed by atoms with Crippen molar-refractivity contribution < 1.29 is 0 Å². The monoisotopic (exact) mass is 1470 g/mol. The predicted molar refractivity (Wildman–Crippen MR) is 466 cm³/mol. The lowest BCUT2D eigenvalue weighted by molar-refractivity contribution is 0.953. The normalized spacial score (nSPS) is 11.8. The summed E-state index contributed by atoms with van der Waals surface area (Å²) in [7, 11) is 0. The molecule has 10 heterocycles. The molecule has 14 aromatic carbocycles. The third-order valence-corrected chi connectivity index (χ3v) is 24.9. The van der Waals surface area contributed by atoms with E-state index in [2.05, 4.69) is 273 Å². The van der Waals surface area contributed by atoms with Crippen LogP contribution in [-0.2, 0) is 0 Å². The molecule has 0 aliphatic heterocycles. The topological polar surface area (TPSA) is 96.5 Å². The SMILES string of the molecule is c1ccc(-c2cc(-n3c4ccccc4c4c5sc6ccccc6c5ccc43)nc(-c3ccccc3)n2)cc1.c1ccc(-c2nc(-c3ccccc3)nc(-n3c4ccccc4c4c5sc6ccccc6c5ccc43)n2)cc1.c1ccc2c(c1)sc1c2ccc2c1c1ccccc1n2-c1ccc(-c2cn3ccccc3n2)cc1. The van der Waals surface area contributed by atoms with E-state index in [1.54, 1.807) is 0 Å². The second-order valence-corrected chi connectivity index (χ2v) is 30.8. The standard InChI is InChI=1S/C34H21N3S.C33H20N4S.C31H19N3S/c1-3-11-22(12-4-1)27-21-31(36-34(35-27)23-13-5-2-6-14-23)37-28-17-9-7-16-26(28)32-29(37)20-19-25-24-15-8-10-18-30(24)38-33(25)32;1-3-11-21(12-4-1)31-34-32(22-13-5-2-6-14-22)36-33(35-31)37-26-17-9-7-16-25(26)29-27(37)20-19-24-23-15-8-10-18-28(23)38-30(24)29;1-3-9-26-24(8-1)30-27(17-16-23-22-7-2-4-10-28(22)35-31(23)30)34(26)21-14-12-20(13-15-21)25-19-33-18-6-5-11-29(33)32-25/h1-21H;1-20H;1-19H. The molecule has 0 amide bonds. The summed E-state index contributed by atoms with van der Waals surface area (Å²) < 4.78 is 16.9. The van der Waals surface area contributed by atoms with E-state index in [4.69, 9.17) is 29.9 Å². The maximum absolute atomic E-state index is 5.15. The maximum Gasteiger partial charge on any atom is 0.238 e. The van der Waals surface area contributed by atoms with Crippen molar-refractivity contribution in [2.75, 3.05) is 0 Å². The van der Waals surface area contributed by atoms with Gasteiger partial charge in [0.2, 0.25) is 5.95 Å². The van der Waals surface area contributed by atoms with Crippen LogP contribution in [0.5, 0.6) is 0 Å². The quantitative estimate of drug-likeness (QED) is 0.150. The van der Waals surface area contributed by atoms with Gasteiger partial charge >= 0.3 is 0 Å². The zero-order chi connectivity index (χ0) is 73.0. The molecule has 0 N–H and O–H groups in total. The Morgan fingerprint density at radius 3 is 1.09 bits per heavy atom. The highest BCUT2D eigenvalue weighted by atomic mass is 32.1. The summed E-state index contributed by atoms with van der Waals surface area (Å²) >= 11 is 5.61. The Kier molecular flexibility index (Phi) is 15.3. The van der Waals surface area contributed by atoms with Crippen LogP contribution in [0.1, 0.15) is 0 Å². The summed E-state index contributed by atoms with van der Waals surface area (Å²) in [6.07, 6.45) is 4.12. The van der Waals surface area contributed by atoms with Gasteiger partial charge in [0.15, 0.2) is 17.5 Å². The number of pyridine rings is 1. The van der Waals surface area contributed by atoms with E-state index in [1.165, 1.54) is 104 Å². The van der Waals surface area contributed by atoms with Gasteiger partial charge in [-0.2, -0.15) is 9.97 Å². The average Bonchev–Trinajstić information content (AvgIpc) is 1.57. The van der Waals surface area contributed by atoms with Gasteiger partial charge in [0, 0.05) is 145 Å². The van der Waals surface area contributed by atoms with Crippen LogP contribution < -0.4 is 0 Å². The molecule has 24 aromatic rings. The van der Waals surface area contributed by atoms with E-state index >= 15 is 0 Å². The lowest BCUT2D eigenvalue weighted by Crippen LogP contribution is -2.06. The molecule has 0 radical (unpaired) electrons. The van der Waals surface area contributed by atoms with Crippen molar-refractivity contribution in [2.24, 2.45) is 0 Å². The first kappa shape index (κ1) is 64.1. The van der Waals surface area contributed by atoms with Crippen LogP contribution in [0.15, 0.2) is 364 Å². The van der Waals surface area contributed by atoms with Gasteiger partial charge in [-0.15, -0.1) is 34.0 Å². The number of nitrogens with zero attached hydrogens (tertiary/aromatic N) is 10. The third kappa shape index (κ3) is 10.8. The summed E-state index contributed by atoms with van der Waals surface area (Å²) in [6.45, 7) is 0. The molecule has 0 aliphatic carbocycles. The van der Waals surface area contributed by atoms with Crippen LogP contribution in [-0.4, -0.2) is 48.0 Å². The summed E-state index contributed by atoms with van der Waals surface area (Å²) in [5, 5.41) is 15.4. The van der Waals surface area contributed by atoms with Gasteiger partial charge in [-0.3, -0.25) is 9.13 Å². The van der Waals surface area contributed by atoms with Crippen molar-refractivity contribution in [1.82, 2.24) is 48.0 Å². The van der Waals surface area contributed by atoms with Crippen molar-refractivity contribution in [3.8, 4) is 74.1 Å². The third-order valence-electron chi connectivity index (χ3n) is 21.3. The van der Waals surface area contributed by atoms with E-state index in [1.807, 2.05) is 143 Å². The summed E-state index contributed by atoms with van der Waals surface area (Å²) in [5.74, 6) is 3.51. The molecular weight excluding hydrogens is 1410 g/mol. The molecule has 0 atom stereocenters. The summed E-state index contributed by atoms with van der Waals surface area (Å²) in [5.41, 5.74) is 16.1. The molecule has 0 aliphatic rings. The highest BCUT2D eigenvalue weighted by molar-refractivity contribution is 7.27. The minimum absolute atomic E-state index is 0.615. The second-order valence-electron chi connectivity index (χ2n) is 27.7. The Labute approximate surface area is 647 Å². The first-order valence-corrected chi connectivity index (χ1v) is 39.4. The van der Waals surface area contributed by atoms with E-state index in [-0.39, 0.29) is 0 Å². The summed E-state index contributed by atoms with van der Waals surface area (Å²) in [4.78, 5) is 29.9. The zero-order valence-corrected chi connectivity index (χ0v) is 61.8. The number of fused-ring (bicyclic) bond motifs is 22. The Morgan fingerprint density at radius 1 is 0.234 bits per heavy atom. The smallest absolute Gasteiger partial charge is 0.238 e. The first-order valence-electron chi connectivity index (χ1n) is 37.0. The largest absolute Gasteiger partial charge is 0.309 e. The Morgan fingerprint density at radius 2 is 0.613 bits per heavy atom. The fraction of sp³-hybridized carbons (Fsp3) is 0. The summed E-state index contributed by atoms with van der Waals surface area (Å²) in [6, 6.07) is 123. The van der Waals surface area contributed by atoms with Gasteiger partial charge in [-0.05, 0) is 78.9 Å². The first-order chi connectivity index (χ1) is 55.0. The number of imidazole rings is 1. The Hall–Kier alpha value is -14.1. The van der Waals surface area contributed by atoms with Crippen molar-refractivity contribution in [3.05, 3.63) is 364 Å². The molecule has 10 nitrogen and oxygen atoms in total. The second kappa shape index (κ2) is 26.4. The highest BCUT2D eigenvalue weighted by Crippen LogP contribution is 2.47. The van der Waals surface area contributed by atoms with Crippen LogP contribution in [0.25, 0.3) is 206 Å². The van der Waals surface area contributed by atoms with Gasteiger partial charge in [0.05, 0.1) is 44.5 Å². The molecule has 0 bridgehead atoms. The minimum atomic E-state index is 0.615. The van der Waals surface area contributed by atoms with E-state index in [0.29, 0.717) is 17.6 Å². The zero-order valence-electron chi connectivity index (χ0n) is 59.3. The van der Waals surface area contributed by atoms with Gasteiger partial charge in [0.25, 0.3) is 0 Å². The number of para-hydroxylation sites is 3. The van der Waals surface area contributed by atoms with Crippen molar-refractivity contribution in [1.29, 1.82) is 0 Å². The molecule has 520 valence electrons. The predicted octanol–water partition coefficient (Wildman–Crippen LogP) is 26.4. The molecule has 10 aromatic heterocycles. The number of thiophene rings is 3. The van der Waals surface area contributed by atoms with Gasteiger partial charge in [-0.25, -0.2) is 19.9 Å². The molecule has 0 saturated heterocycles. The van der Waals surface area contributed by atoms with Crippen LogP contribution in [0.2, 0.25) is 0 Å². The highest BCUT2D eigenvalue weighted by Gasteiger charge is 2.24. The van der Waals surface area contributed by atoms with E-state index < -0.39 is 0 Å². The molecule has 24 rings (SSSR count). The number of benzene rings is 14. The van der Waals surface area contributed by atoms with Crippen molar-refractivity contribution >= 4 is 166 Å². The fourth-order valence-corrected chi connectivity index (χ4v) is 20.0. The van der Waals surface area contributed by atoms with E-state index in [0.717, 1.165) is 84.2 Å². The molecule has 0 fully saturated rings. The van der Waals surface area contributed by atoms with Crippen LogP contribution in [0.3, 0.4) is 0 Å². The van der Waals surface area contributed by atoms with Gasteiger partial charge in [-0.1, -0.05) is 267 Å². The van der Waals surface area contributed by atoms with Crippen LogP contribution in [0, 0.1) is 0 Å². The maximum atomic E-state index is 5.15. The van der Waals surface area contributed by atoms with Gasteiger partial charge < -0.3 is 8.97 Å². The van der Waals surface area contributed by atoms with E-state index in [9.17, 15) is 0 Å². The lowest BCUT2D eigenvalue weighted by Gasteiger charge is -2.12. The molecule has 0 spiro atoms. The van der Waals surface area contributed by atoms with Gasteiger partial charge in [0.1, 0.15) is 11.5 Å². The van der Waals surface area contributed by atoms with Crippen LogP contribution in [0.4, 0.5) is 0 Å². The fourth-order valence-electron chi connectivity index (χ4n) is 16.2. The van der Waals surface area contributed by atoms with Crippen LogP contribution >= 0.6 is 34.0 Å². The minimum Gasteiger partial charge on any atom is -0.309 e. The number of hydrogen-bond donors (Lipinski definition) is 0. The number of rotatable bonds is 8. The Bertz CT molecular complexity index is 7310.